The Morgan fingerprint density at radius 1 is 1.00 bits per heavy atom. The van der Waals surface area contributed by atoms with Gasteiger partial charge in [0.15, 0.2) is 0 Å². The van der Waals surface area contributed by atoms with Crippen LogP contribution in [0.2, 0.25) is 0 Å². The van der Waals surface area contributed by atoms with Gasteiger partial charge in [0.1, 0.15) is 0 Å². The predicted molar refractivity (Wildman–Crippen MR) is 79.8 cm³/mol. The highest BCUT2D eigenvalue weighted by Gasteiger charge is 2.06. The van der Waals surface area contributed by atoms with Crippen molar-refractivity contribution in [3.8, 4) is 0 Å². The van der Waals surface area contributed by atoms with Gasteiger partial charge in [-0.25, -0.2) is 0 Å². The van der Waals surface area contributed by atoms with Gasteiger partial charge in [0.25, 0.3) is 0 Å². The number of rotatable bonds is 0. The molecule has 0 fully saturated rings. The van der Waals surface area contributed by atoms with Crippen LogP contribution in [0.1, 0.15) is 31.9 Å². The maximum absolute atomic E-state index is 2.26. The van der Waals surface area contributed by atoms with E-state index in [1.54, 1.807) is 0 Å². The minimum absolute atomic E-state index is 0.380. The van der Waals surface area contributed by atoms with Gasteiger partial charge in [-0.3, -0.25) is 0 Å². The average Bonchev–Trinajstić information content (AvgIpc) is 2.60. The summed E-state index contributed by atoms with van der Waals surface area (Å²) in [6.07, 6.45) is 3.41. The van der Waals surface area contributed by atoms with Crippen molar-refractivity contribution in [2.24, 2.45) is 0 Å². The summed E-state index contributed by atoms with van der Waals surface area (Å²) in [7, 11) is 0.380. The molecule has 0 aliphatic heterocycles. The second kappa shape index (κ2) is 8.53. The van der Waals surface area contributed by atoms with Gasteiger partial charge in [-0.05, 0) is 44.5 Å². The first kappa shape index (κ1) is 15.4. The first-order valence-electron chi connectivity index (χ1n) is 5.95. The summed E-state index contributed by atoms with van der Waals surface area (Å²) in [4.78, 5) is 0. The van der Waals surface area contributed by atoms with Crippen LogP contribution in [0.15, 0.2) is 29.8 Å². The number of benzene rings is 1. The van der Waals surface area contributed by atoms with E-state index in [4.69, 9.17) is 0 Å². The van der Waals surface area contributed by atoms with Crippen LogP contribution in [0.5, 0.6) is 0 Å². The van der Waals surface area contributed by atoms with E-state index in [0.29, 0.717) is 7.92 Å². The molecule has 0 aromatic heterocycles. The summed E-state index contributed by atoms with van der Waals surface area (Å²) in [5.74, 6) is 0. The van der Waals surface area contributed by atoms with E-state index in [-0.39, 0.29) is 0 Å². The van der Waals surface area contributed by atoms with Gasteiger partial charge in [0.05, 0.1) is 0 Å². The molecule has 1 aromatic carbocycles. The maximum Gasteiger partial charge on any atom is -0.00606 e. The van der Waals surface area contributed by atoms with Crippen LogP contribution >= 0.6 is 7.92 Å². The smallest absolute Gasteiger partial charge is 0.00606 e. The summed E-state index contributed by atoms with van der Waals surface area (Å²) >= 11 is 0. The molecule has 0 unspecified atom stereocenters. The van der Waals surface area contributed by atoms with Crippen molar-refractivity contribution < 1.29 is 0 Å². The van der Waals surface area contributed by atoms with Crippen molar-refractivity contribution in [3.05, 3.63) is 41.0 Å². The molecule has 0 amide bonds. The fourth-order valence-corrected chi connectivity index (χ4v) is 1.45. The van der Waals surface area contributed by atoms with Crippen LogP contribution in [-0.2, 0) is 6.42 Å². The molecule has 1 aliphatic carbocycles. The van der Waals surface area contributed by atoms with Crippen molar-refractivity contribution in [1.82, 2.24) is 0 Å². The summed E-state index contributed by atoms with van der Waals surface area (Å²) in [5, 5.41) is 0. The Bertz CT molecular complexity index is 321. The normalized spacial score (nSPS) is 11.8. The van der Waals surface area contributed by atoms with E-state index in [1.807, 2.05) is 13.8 Å². The Morgan fingerprint density at radius 3 is 2.00 bits per heavy atom. The standard InChI is InChI=1S/C10H10.C3H9P.C2H6/c1-8-6-9-4-2-3-5-10(9)7-8;1-4(2)3;1-2/h2-6H,7H2,1H3;1-3H3;1-2H3. The monoisotopic (exact) mass is 236 g/mol. The van der Waals surface area contributed by atoms with E-state index in [2.05, 4.69) is 57.3 Å². The number of hydrogen-bond acceptors (Lipinski definition) is 0. The Labute approximate surface area is 103 Å². The molecule has 90 valence electrons. The zero-order valence-electron chi connectivity index (χ0n) is 11.5. The van der Waals surface area contributed by atoms with Crippen molar-refractivity contribution in [1.29, 1.82) is 0 Å². The molecule has 0 nitrogen and oxygen atoms in total. The molecule has 0 bridgehead atoms. The van der Waals surface area contributed by atoms with Crippen molar-refractivity contribution in [3.63, 3.8) is 0 Å². The van der Waals surface area contributed by atoms with Gasteiger partial charge in [-0.1, -0.05) is 49.8 Å². The van der Waals surface area contributed by atoms with E-state index in [9.17, 15) is 0 Å². The zero-order chi connectivity index (χ0) is 12.6. The molecule has 0 saturated heterocycles. The van der Waals surface area contributed by atoms with Crippen molar-refractivity contribution in [2.75, 3.05) is 20.0 Å². The second-order valence-electron chi connectivity index (χ2n) is 4.21. The lowest BCUT2D eigenvalue weighted by Gasteiger charge is -1.93. The zero-order valence-corrected chi connectivity index (χ0v) is 12.4. The molecular formula is C15H25P. The van der Waals surface area contributed by atoms with Gasteiger partial charge >= 0.3 is 0 Å². The molecule has 0 atom stereocenters. The first-order valence-corrected chi connectivity index (χ1v) is 8.64. The van der Waals surface area contributed by atoms with Gasteiger partial charge in [-0.15, -0.1) is 7.92 Å². The topological polar surface area (TPSA) is 0 Å². The lowest BCUT2D eigenvalue weighted by molar-refractivity contribution is 1.20. The number of allylic oxidation sites excluding steroid dienone is 1. The Kier molecular flexibility index (Phi) is 8.21. The minimum Gasteiger partial charge on any atom is -0.116 e. The van der Waals surface area contributed by atoms with Gasteiger partial charge in [-0.2, -0.15) is 0 Å². The van der Waals surface area contributed by atoms with Crippen LogP contribution in [0.25, 0.3) is 6.08 Å². The molecule has 0 radical (unpaired) electrons. The summed E-state index contributed by atoms with van der Waals surface area (Å²) < 4.78 is 0. The Hall–Kier alpha value is -0.610. The van der Waals surface area contributed by atoms with E-state index in [0.717, 1.165) is 6.42 Å². The number of hydrogen-bond donors (Lipinski definition) is 0. The Balaban J connectivity index is 0.000000323. The molecule has 1 aromatic rings. The fraction of sp³-hybridized carbons (Fsp3) is 0.467. The van der Waals surface area contributed by atoms with Crippen molar-refractivity contribution in [2.45, 2.75) is 27.2 Å². The number of fused-ring (bicyclic) bond motifs is 1. The highest BCUT2D eigenvalue weighted by molar-refractivity contribution is 7.55. The van der Waals surface area contributed by atoms with Crippen molar-refractivity contribution >= 4 is 14.0 Å². The van der Waals surface area contributed by atoms with Crippen LogP contribution in [0.4, 0.5) is 0 Å². The third-order valence-electron chi connectivity index (χ3n) is 1.93. The van der Waals surface area contributed by atoms with Gasteiger partial charge < -0.3 is 0 Å². The highest BCUT2D eigenvalue weighted by Crippen LogP contribution is 2.23. The second-order valence-corrected chi connectivity index (χ2v) is 6.89. The average molecular weight is 236 g/mol. The maximum atomic E-state index is 2.26. The largest absolute Gasteiger partial charge is 0.116 e. The van der Waals surface area contributed by atoms with Crippen LogP contribution in [0, 0.1) is 0 Å². The molecule has 0 saturated carbocycles. The molecular weight excluding hydrogens is 211 g/mol. The third-order valence-corrected chi connectivity index (χ3v) is 1.93. The van der Waals surface area contributed by atoms with E-state index in [1.165, 1.54) is 16.7 Å². The summed E-state index contributed by atoms with van der Waals surface area (Å²) in [6, 6.07) is 8.56. The molecule has 0 spiro atoms. The lowest BCUT2D eigenvalue weighted by Crippen LogP contribution is -1.79. The fourth-order valence-electron chi connectivity index (χ4n) is 1.45. The SMILES string of the molecule is CC.CC1=Cc2ccccc2C1.CP(C)C. The predicted octanol–water partition coefficient (Wildman–Crippen LogP) is 5.03. The lowest BCUT2D eigenvalue weighted by atomic mass is 10.1. The molecule has 1 heteroatoms. The molecule has 0 N–H and O–H groups in total. The van der Waals surface area contributed by atoms with Gasteiger partial charge in [0, 0.05) is 0 Å². The van der Waals surface area contributed by atoms with Gasteiger partial charge in [0.2, 0.25) is 0 Å². The first-order chi connectivity index (χ1) is 7.59. The molecule has 16 heavy (non-hydrogen) atoms. The van der Waals surface area contributed by atoms with E-state index < -0.39 is 0 Å². The Morgan fingerprint density at radius 2 is 1.50 bits per heavy atom. The summed E-state index contributed by atoms with van der Waals surface area (Å²) in [5.41, 5.74) is 4.35. The minimum atomic E-state index is 0.380. The molecule has 0 heterocycles. The highest BCUT2D eigenvalue weighted by atomic mass is 31.1. The van der Waals surface area contributed by atoms with Crippen LogP contribution in [-0.4, -0.2) is 20.0 Å². The molecule has 1 aliphatic rings. The van der Waals surface area contributed by atoms with Crippen LogP contribution in [0.3, 0.4) is 0 Å². The van der Waals surface area contributed by atoms with Crippen LogP contribution < -0.4 is 0 Å². The quantitative estimate of drug-likeness (QED) is 0.554. The van der Waals surface area contributed by atoms with E-state index >= 15 is 0 Å². The molecule has 2 rings (SSSR count). The third kappa shape index (κ3) is 6.08. The summed E-state index contributed by atoms with van der Waals surface area (Å²) in [6.45, 7) is 12.9.